The third-order valence-corrected chi connectivity index (χ3v) is 11.4. The van der Waals surface area contributed by atoms with Gasteiger partial charge in [-0.05, 0) is 59.7 Å². The first-order valence-electron chi connectivity index (χ1n) is 15.5. The molecule has 0 fully saturated rings. The van der Waals surface area contributed by atoms with Crippen LogP contribution in [0.25, 0.3) is 0 Å². The molecule has 266 valence electrons. The van der Waals surface area contributed by atoms with E-state index in [4.69, 9.17) is 25.5 Å². The highest BCUT2D eigenvalue weighted by Gasteiger charge is 2.29. The minimum Gasteiger partial charge on any atom is -0.493 e. The molecular formula is C36H35ClN4O8S2. The van der Waals surface area contributed by atoms with Crippen LogP contribution in [0.15, 0.2) is 135 Å². The average molecular weight is 751 g/mol. The standard InChI is InChI=1S/C36H35ClN4O8S2/c1-47-34-20-19-33(21-35(34)48-2)51(45,46)41(23-27-9-5-3-6-10-27)26-36(42)39-38-22-30-17-18-31(49-30)25-40(24-28-13-15-29(37)16-14-28)50(43,44)32-11-7-4-8-12-32/h3-22H,23-26H2,1-2H3,(H,39,42)/b38-22-. The van der Waals surface area contributed by atoms with Crippen molar-refractivity contribution in [1.29, 1.82) is 0 Å². The van der Waals surface area contributed by atoms with Crippen LogP contribution in [-0.2, 0) is 44.5 Å². The summed E-state index contributed by atoms with van der Waals surface area (Å²) in [6.45, 7) is -0.680. The van der Waals surface area contributed by atoms with Gasteiger partial charge in [-0.25, -0.2) is 22.3 Å². The Bertz CT molecular complexity index is 2180. The number of nitrogens with zero attached hydrogens (tertiary/aromatic N) is 3. The van der Waals surface area contributed by atoms with Gasteiger partial charge in [-0.1, -0.05) is 72.3 Å². The second-order valence-corrected chi connectivity index (χ2v) is 15.4. The van der Waals surface area contributed by atoms with Gasteiger partial charge in [-0.2, -0.15) is 13.7 Å². The molecule has 1 heterocycles. The van der Waals surface area contributed by atoms with Crippen LogP contribution in [0.4, 0.5) is 0 Å². The number of carbonyl (C=O) groups is 1. The Kier molecular flexibility index (Phi) is 12.3. The van der Waals surface area contributed by atoms with Gasteiger partial charge in [0.2, 0.25) is 20.0 Å². The van der Waals surface area contributed by atoms with E-state index in [1.165, 1.54) is 55.1 Å². The molecule has 15 heteroatoms. The molecule has 0 radical (unpaired) electrons. The number of furan rings is 1. The fourth-order valence-corrected chi connectivity index (χ4v) is 7.93. The molecule has 0 atom stereocenters. The van der Waals surface area contributed by atoms with Crippen molar-refractivity contribution in [3.05, 3.63) is 143 Å². The highest BCUT2D eigenvalue weighted by Crippen LogP contribution is 2.31. The maximum atomic E-state index is 13.8. The zero-order chi connectivity index (χ0) is 36.4. The number of hydrogen-bond donors (Lipinski definition) is 1. The first-order chi connectivity index (χ1) is 24.5. The van der Waals surface area contributed by atoms with Gasteiger partial charge in [0.25, 0.3) is 5.91 Å². The van der Waals surface area contributed by atoms with Crippen LogP contribution in [0.3, 0.4) is 0 Å². The molecule has 12 nitrogen and oxygen atoms in total. The lowest BCUT2D eigenvalue weighted by Gasteiger charge is -2.22. The highest BCUT2D eigenvalue weighted by molar-refractivity contribution is 7.89. The number of hydrazone groups is 1. The highest BCUT2D eigenvalue weighted by atomic mass is 35.5. The lowest BCUT2D eigenvalue weighted by atomic mass is 10.2. The normalized spacial score (nSPS) is 12.0. The lowest BCUT2D eigenvalue weighted by molar-refractivity contribution is -0.121. The molecule has 0 aliphatic carbocycles. The molecule has 0 unspecified atom stereocenters. The van der Waals surface area contributed by atoms with E-state index in [0.717, 1.165) is 9.87 Å². The van der Waals surface area contributed by atoms with E-state index < -0.39 is 32.5 Å². The number of carbonyl (C=O) groups excluding carboxylic acids is 1. The van der Waals surface area contributed by atoms with Gasteiger partial charge >= 0.3 is 0 Å². The third-order valence-electron chi connectivity index (χ3n) is 7.56. The van der Waals surface area contributed by atoms with E-state index in [1.807, 2.05) is 0 Å². The Balaban J connectivity index is 1.29. The van der Waals surface area contributed by atoms with Gasteiger partial charge in [-0.3, -0.25) is 4.79 Å². The monoisotopic (exact) mass is 750 g/mol. The maximum Gasteiger partial charge on any atom is 0.255 e. The molecule has 0 saturated heterocycles. The second-order valence-electron chi connectivity index (χ2n) is 11.1. The van der Waals surface area contributed by atoms with Crippen molar-refractivity contribution in [3.63, 3.8) is 0 Å². The van der Waals surface area contributed by atoms with Gasteiger partial charge in [0.1, 0.15) is 11.5 Å². The second kappa shape index (κ2) is 16.8. The number of methoxy groups -OCH3 is 2. The number of halogens is 1. The van der Waals surface area contributed by atoms with E-state index in [2.05, 4.69) is 10.5 Å². The van der Waals surface area contributed by atoms with Crippen molar-refractivity contribution in [2.75, 3.05) is 20.8 Å². The zero-order valence-electron chi connectivity index (χ0n) is 27.7. The summed E-state index contributed by atoms with van der Waals surface area (Å²) < 4.78 is 73.4. The maximum absolute atomic E-state index is 13.8. The van der Waals surface area contributed by atoms with E-state index in [-0.39, 0.29) is 40.9 Å². The summed E-state index contributed by atoms with van der Waals surface area (Å²) in [5, 5.41) is 4.48. The summed E-state index contributed by atoms with van der Waals surface area (Å²) in [5.74, 6) is 0.419. The molecular weight excluding hydrogens is 716 g/mol. The van der Waals surface area contributed by atoms with Crippen LogP contribution in [0.2, 0.25) is 5.02 Å². The van der Waals surface area contributed by atoms with Gasteiger partial charge < -0.3 is 13.9 Å². The van der Waals surface area contributed by atoms with Crippen molar-refractivity contribution in [2.24, 2.45) is 5.10 Å². The molecule has 0 spiro atoms. The predicted molar refractivity (Wildman–Crippen MR) is 192 cm³/mol. The van der Waals surface area contributed by atoms with Crippen LogP contribution in [0.1, 0.15) is 22.6 Å². The minimum absolute atomic E-state index is 0.0558. The Morgan fingerprint density at radius 3 is 2.00 bits per heavy atom. The first-order valence-corrected chi connectivity index (χ1v) is 18.7. The Morgan fingerprint density at radius 1 is 0.725 bits per heavy atom. The molecule has 5 aromatic rings. The minimum atomic E-state index is -4.19. The smallest absolute Gasteiger partial charge is 0.255 e. The van der Waals surface area contributed by atoms with E-state index >= 15 is 0 Å². The summed E-state index contributed by atoms with van der Waals surface area (Å²) in [6, 6.07) is 31.2. The number of sulfonamides is 2. The summed E-state index contributed by atoms with van der Waals surface area (Å²) in [7, 11) is -5.27. The Labute approximate surface area is 302 Å². The summed E-state index contributed by atoms with van der Waals surface area (Å²) in [5.41, 5.74) is 3.74. The molecule has 1 aromatic heterocycles. The largest absolute Gasteiger partial charge is 0.493 e. The zero-order valence-corrected chi connectivity index (χ0v) is 30.1. The van der Waals surface area contributed by atoms with Crippen LogP contribution >= 0.6 is 11.6 Å². The lowest BCUT2D eigenvalue weighted by Crippen LogP contribution is -2.39. The van der Waals surface area contributed by atoms with Crippen molar-refractivity contribution >= 4 is 43.8 Å². The third kappa shape index (κ3) is 9.62. The number of ether oxygens (including phenoxy) is 2. The molecule has 0 bridgehead atoms. The number of amides is 1. The van der Waals surface area contributed by atoms with Crippen LogP contribution in [0.5, 0.6) is 11.5 Å². The molecule has 0 saturated carbocycles. The fraction of sp³-hybridized carbons (Fsp3) is 0.167. The van der Waals surface area contributed by atoms with E-state index in [9.17, 15) is 21.6 Å². The van der Waals surface area contributed by atoms with Crippen LogP contribution in [-0.4, -0.2) is 58.3 Å². The van der Waals surface area contributed by atoms with Crippen LogP contribution < -0.4 is 14.9 Å². The molecule has 4 aromatic carbocycles. The number of nitrogens with one attached hydrogen (secondary N) is 1. The molecule has 1 N–H and O–H groups in total. The number of benzene rings is 4. The quantitative estimate of drug-likeness (QED) is 0.100. The average Bonchev–Trinajstić information content (AvgIpc) is 3.59. The van der Waals surface area contributed by atoms with E-state index in [1.54, 1.807) is 84.9 Å². The van der Waals surface area contributed by atoms with Crippen molar-refractivity contribution in [2.45, 2.75) is 29.4 Å². The summed E-state index contributed by atoms with van der Waals surface area (Å²) >= 11 is 6.03. The number of rotatable bonds is 16. The first kappa shape index (κ1) is 37.3. The Hall–Kier alpha value is -4.99. The fourth-order valence-electron chi connectivity index (χ4n) is 4.99. The Morgan fingerprint density at radius 2 is 1.33 bits per heavy atom. The summed E-state index contributed by atoms with van der Waals surface area (Å²) in [4.78, 5) is 13.1. The predicted octanol–water partition coefficient (Wildman–Crippen LogP) is 5.68. The molecule has 0 aliphatic rings. The molecule has 0 aliphatic heterocycles. The van der Waals surface area contributed by atoms with Crippen molar-refractivity contribution in [3.8, 4) is 11.5 Å². The molecule has 51 heavy (non-hydrogen) atoms. The number of hydrogen-bond acceptors (Lipinski definition) is 9. The summed E-state index contributed by atoms with van der Waals surface area (Å²) in [6.07, 6.45) is 1.24. The van der Waals surface area contributed by atoms with Crippen molar-refractivity contribution in [1.82, 2.24) is 14.0 Å². The van der Waals surface area contributed by atoms with Gasteiger partial charge in [-0.15, -0.1) is 0 Å². The van der Waals surface area contributed by atoms with Gasteiger partial charge in [0.05, 0.1) is 43.3 Å². The SMILES string of the molecule is COc1ccc(S(=O)(=O)N(CC(=O)N/N=C\c2ccc(CN(Cc3ccc(Cl)cc3)S(=O)(=O)c3ccccc3)o2)Cc2ccccc2)cc1OC. The molecule has 5 rings (SSSR count). The topological polar surface area (TPSA) is 148 Å². The van der Waals surface area contributed by atoms with Gasteiger partial charge in [0, 0.05) is 24.2 Å². The van der Waals surface area contributed by atoms with E-state index in [0.29, 0.717) is 22.1 Å². The van der Waals surface area contributed by atoms with Crippen molar-refractivity contribution < 1.29 is 35.5 Å². The van der Waals surface area contributed by atoms with Crippen LogP contribution in [0, 0.1) is 0 Å². The molecule has 1 amide bonds. The van der Waals surface area contributed by atoms with Gasteiger partial charge in [0.15, 0.2) is 11.5 Å².